The zero-order valence-electron chi connectivity index (χ0n) is 11.8. The molecule has 108 valence electrons. The fourth-order valence-corrected chi connectivity index (χ4v) is 2.58. The topological polar surface area (TPSA) is 55.4 Å². The lowest BCUT2D eigenvalue weighted by molar-refractivity contribution is -0.126. The molecule has 20 heavy (non-hydrogen) atoms. The summed E-state index contributed by atoms with van der Waals surface area (Å²) in [5, 5.41) is 2.70. The van der Waals surface area contributed by atoms with E-state index in [1.54, 1.807) is 0 Å². The molecule has 1 saturated carbocycles. The number of carbonyl (C=O) groups excluding carboxylic acids is 2. The molecule has 0 bridgehead atoms. The van der Waals surface area contributed by atoms with E-state index >= 15 is 0 Å². The standard InChI is InChI=1S/C16H21NO3/c1-12-6-5-9-15(18)14(12)10-17-16(19)20-11-13-7-3-2-4-8-13/h2-4,7-8,12,14H,5-6,9-11H2,1H3,(H,17,19)/t12-,14+/m1/s1. The van der Waals surface area contributed by atoms with E-state index in [-0.39, 0.29) is 18.3 Å². The minimum atomic E-state index is -0.459. The van der Waals surface area contributed by atoms with Crippen molar-refractivity contribution < 1.29 is 14.3 Å². The molecule has 0 heterocycles. The van der Waals surface area contributed by atoms with Crippen LogP contribution in [0, 0.1) is 11.8 Å². The van der Waals surface area contributed by atoms with Crippen LogP contribution >= 0.6 is 0 Å². The third-order valence-electron chi connectivity index (χ3n) is 3.86. The van der Waals surface area contributed by atoms with Crippen molar-refractivity contribution in [3.8, 4) is 0 Å². The predicted octanol–water partition coefficient (Wildman–Crippen LogP) is 2.92. The SMILES string of the molecule is C[C@@H]1CCCC(=O)[C@H]1CNC(=O)OCc1ccccc1. The van der Waals surface area contributed by atoms with Crippen molar-refractivity contribution in [2.45, 2.75) is 32.8 Å². The molecule has 1 aliphatic carbocycles. The van der Waals surface area contributed by atoms with E-state index in [1.165, 1.54) is 0 Å². The number of ketones is 1. The first-order chi connectivity index (χ1) is 9.66. The fourth-order valence-electron chi connectivity index (χ4n) is 2.58. The molecule has 4 heteroatoms. The van der Waals surface area contributed by atoms with E-state index in [9.17, 15) is 9.59 Å². The van der Waals surface area contributed by atoms with Crippen LogP contribution in [0.4, 0.5) is 4.79 Å². The van der Waals surface area contributed by atoms with E-state index in [1.807, 2.05) is 30.3 Å². The predicted molar refractivity (Wildman–Crippen MR) is 76.1 cm³/mol. The molecule has 0 unspecified atom stereocenters. The van der Waals surface area contributed by atoms with Gasteiger partial charge < -0.3 is 10.1 Å². The highest BCUT2D eigenvalue weighted by molar-refractivity contribution is 5.82. The summed E-state index contributed by atoms with van der Waals surface area (Å²) in [6, 6.07) is 9.53. The van der Waals surface area contributed by atoms with Crippen LogP contribution in [0.3, 0.4) is 0 Å². The van der Waals surface area contributed by atoms with Crippen molar-refractivity contribution in [2.24, 2.45) is 11.8 Å². The molecule has 1 fully saturated rings. The molecule has 1 aromatic rings. The van der Waals surface area contributed by atoms with Crippen molar-refractivity contribution in [1.29, 1.82) is 0 Å². The van der Waals surface area contributed by atoms with Crippen molar-refractivity contribution >= 4 is 11.9 Å². The number of carbonyl (C=O) groups is 2. The van der Waals surface area contributed by atoms with Gasteiger partial charge in [0.05, 0.1) is 0 Å². The molecular formula is C16H21NO3. The number of amides is 1. The first-order valence-corrected chi connectivity index (χ1v) is 7.14. The highest BCUT2D eigenvalue weighted by Crippen LogP contribution is 2.26. The van der Waals surface area contributed by atoms with Crippen LogP contribution < -0.4 is 5.32 Å². The van der Waals surface area contributed by atoms with Gasteiger partial charge in [-0.25, -0.2) is 4.79 Å². The maximum atomic E-state index is 11.8. The molecule has 2 rings (SSSR count). The molecule has 2 atom stereocenters. The van der Waals surface area contributed by atoms with Crippen molar-refractivity contribution in [2.75, 3.05) is 6.54 Å². The van der Waals surface area contributed by atoms with E-state index in [4.69, 9.17) is 4.74 Å². The van der Waals surface area contributed by atoms with Crippen molar-refractivity contribution in [3.05, 3.63) is 35.9 Å². The number of hydrogen-bond donors (Lipinski definition) is 1. The quantitative estimate of drug-likeness (QED) is 0.919. The summed E-state index contributed by atoms with van der Waals surface area (Å²) in [5.41, 5.74) is 0.949. The normalized spacial score (nSPS) is 22.4. The molecule has 0 radical (unpaired) electrons. The Bertz CT molecular complexity index is 458. The molecule has 0 aromatic heterocycles. The Hall–Kier alpha value is -1.84. The third-order valence-corrected chi connectivity index (χ3v) is 3.86. The number of hydrogen-bond acceptors (Lipinski definition) is 3. The summed E-state index contributed by atoms with van der Waals surface area (Å²) in [4.78, 5) is 23.4. The lowest BCUT2D eigenvalue weighted by atomic mass is 9.79. The largest absolute Gasteiger partial charge is 0.445 e. The van der Waals surface area contributed by atoms with Gasteiger partial charge in [0.15, 0.2) is 0 Å². The number of rotatable bonds is 4. The Morgan fingerprint density at radius 2 is 2.10 bits per heavy atom. The first kappa shape index (κ1) is 14.6. The summed E-state index contributed by atoms with van der Waals surface area (Å²) in [5.74, 6) is 0.533. The maximum Gasteiger partial charge on any atom is 0.407 e. The molecule has 4 nitrogen and oxygen atoms in total. The Morgan fingerprint density at radius 1 is 1.35 bits per heavy atom. The lowest BCUT2D eigenvalue weighted by Gasteiger charge is -2.27. The van der Waals surface area contributed by atoms with Crippen LogP contribution in [0.25, 0.3) is 0 Å². The van der Waals surface area contributed by atoms with Crippen LogP contribution in [-0.2, 0) is 16.1 Å². The monoisotopic (exact) mass is 275 g/mol. The minimum Gasteiger partial charge on any atom is -0.445 e. The van der Waals surface area contributed by atoms with Gasteiger partial charge in [0, 0.05) is 18.9 Å². The van der Waals surface area contributed by atoms with E-state index in [0.717, 1.165) is 18.4 Å². The molecule has 0 saturated heterocycles. The number of Topliss-reactive ketones (excluding diaryl/α,β-unsaturated/α-hetero) is 1. The van der Waals surface area contributed by atoms with Crippen LogP contribution in [0.2, 0.25) is 0 Å². The molecule has 1 aliphatic rings. The second kappa shape index (κ2) is 7.08. The second-order valence-electron chi connectivity index (χ2n) is 5.38. The average Bonchev–Trinajstić information content (AvgIpc) is 2.46. The van der Waals surface area contributed by atoms with Crippen LogP contribution in [0.15, 0.2) is 30.3 Å². The summed E-state index contributed by atoms with van der Waals surface area (Å²) >= 11 is 0. The maximum absolute atomic E-state index is 11.8. The van der Waals surface area contributed by atoms with Gasteiger partial charge in [-0.2, -0.15) is 0 Å². The summed E-state index contributed by atoms with van der Waals surface area (Å²) in [7, 11) is 0. The first-order valence-electron chi connectivity index (χ1n) is 7.14. The summed E-state index contributed by atoms with van der Waals surface area (Å²) in [6.07, 6.45) is 2.20. The van der Waals surface area contributed by atoms with Gasteiger partial charge in [-0.1, -0.05) is 37.3 Å². The van der Waals surface area contributed by atoms with E-state index in [2.05, 4.69) is 12.2 Å². The average molecular weight is 275 g/mol. The molecule has 0 aliphatic heterocycles. The van der Waals surface area contributed by atoms with Crippen LogP contribution in [0.1, 0.15) is 31.7 Å². The highest BCUT2D eigenvalue weighted by Gasteiger charge is 2.28. The fraction of sp³-hybridized carbons (Fsp3) is 0.500. The van der Waals surface area contributed by atoms with Gasteiger partial charge in [-0.3, -0.25) is 4.79 Å². The third kappa shape index (κ3) is 4.08. The highest BCUT2D eigenvalue weighted by atomic mass is 16.5. The van der Waals surface area contributed by atoms with Crippen molar-refractivity contribution in [3.63, 3.8) is 0 Å². The van der Waals surface area contributed by atoms with E-state index < -0.39 is 6.09 Å². The van der Waals surface area contributed by atoms with Crippen molar-refractivity contribution in [1.82, 2.24) is 5.32 Å². The smallest absolute Gasteiger partial charge is 0.407 e. The number of benzene rings is 1. The van der Waals surface area contributed by atoms with E-state index in [0.29, 0.717) is 18.9 Å². The Morgan fingerprint density at radius 3 is 2.80 bits per heavy atom. The molecule has 1 amide bonds. The van der Waals surface area contributed by atoms with Gasteiger partial charge >= 0.3 is 6.09 Å². The second-order valence-corrected chi connectivity index (χ2v) is 5.38. The number of alkyl carbamates (subject to hydrolysis) is 1. The van der Waals surface area contributed by atoms with Gasteiger partial charge in [-0.05, 0) is 24.3 Å². The Labute approximate surface area is 119 Å². The number of nitrogens with one attached hydrogen (secondary N) is 1. The van der Waals surface area contributed by atoms with Gasteiger partial charge in [-0.15, -0.1) is 0 Å². The number of ether oxygens (including phenoxy) is 1. The van der Waals surface area contributed by atoms with Gasteiger partial charge in [0.2, 0.25) is 0 Å². The van der Waals surface area contributed by atoms with Crippen LogP contribution in [0.5, 0.6) is 0 Å². The van der Waals surface area contributed by atoms with Gasteiger partial charge in [0.1, 0.15) is 12.4 Å². The molecule has 1 N–H and O–H groups in total. The minimum absolute atomic E-state index is 0.0620. The Balaban J connectivity index is 1.73. The molecule has 0 spiro atoms. The zero-order valence-corrected chi connectivity index (χ0v) is 11.8. The summed E-state index contributed by atoms with van der Waals surface area (Å²) < 4.78 is 5.13. The lowest BCUT2D eigenvalue weighted by Crippen LogP contribution is -2.38. The Kier molecular flexibility index (Phi) is 5.16. The summed E-state index contributed by atoms with van der Waals surface area (Å²) in [6.45, 7) is 2.70. The molecular weight excluding hydrogens is 254 g/mol. The zero-order chi connectivity index (χ0) is 14.4. The van der Waals surface area contributed by atoms with Gasteiger partial charge in [0.25, 0.3) is 0 Å². The molecule has 1 aromatic carbocycles. The van der Waals surface area contributed by atoms with Crippen LogP contribution in [-0.4, -0.2) is 18.4 Å².